The van der Waals surface area contributed by atoms with Gasteiger partial charge in [0.05, 0.1) is 0 Å². The maximum absolute atomic E-state index is 6.24. The summed E-state index contributed by atoms with van der Waals surface area (Å²) in [4.78, 5) is 4.08. The lowest BCUT2D eigenvalue weighted by molar-refractivity contribution is 0.412. The molecule has 13 heavy (non-hydrogen) atoms. The number of pyridine rings is 1. The molecule has 0 spiro atoms. The average Bonchev–Trinajstić information content (AvgIpc) is 2.17. The molecule has 72 valence electrons. The summed E-state index contributed by atoms with van der Waals surface area (Å²) >= 11 is 3.35. The molecule has 0 aliphatic heterocycles. The maximum Gasteiger partial charge on any atom is 0.106 e. The Morgan fingerprint density at radius 2 is 2.08 bits per heavy atom. The summed E-state index contributed by atoms with van der Waals surface area (Å²) in [5.41, 5.74) is 7.19. The second-order valence-corrected chi connectivity index (χ2v) is 4.04. The summed E-state index contributed by atoms with van der Waals surface area (Å²) in [7, 11) is 0. The molecule has 1 rings (SSSR count). The molecule has 0 unspecified atom stereocenters. The van der Waals surface area contributed by atoms with Crippen molar-refractivity contribution in [3.63, 3.8) is 0 Å². The minimum absolute atomic E-state index is 0.203. The summed E-state index contributed by atoms with van der Waals surface area (Å²) in [6, 6.07) is 3.98. The molecule has 0 radical (unpaired) electrons. The van der Waals surface area contributed by atoms with Crippen molar-refractivity contribution in [3.05, 3.63) is 28.5 Å². The topological polar surface area (TPSA) is 38.9 Å². The van der Waals surface area contributed by atoms with Crippen LogP contribution in [0, 0.1) is 0 Å². The lowest BCUT2D eigenvalue weighted by Gasteiger charge is -2.27. The minimum Gasteiger partial charge on any atom is -0.321 e. The number of nitrogens with zero attached hydrogens (tertiary/aromatic N) is 1. The van der Waals surface area contributed by atoms with Gasteiger partial charge in [0.15, 0.2) is 0 Å². The first-order valence-corrected chi connectivity index (χ1v) is 5.32. The summed E-state index contributed by atoms with van der Waals surface area (Å²) < 4.78 is 0.849. The maximum atomic E-state index is 6.24. The van der Waals surface area contributed by atoms with Gasteiger partial charge in [0.2, 0.25) is 0 Å². The highest BCUT2D eigenvalue weighted by Crippen LogP contribution is 2.26. The molecule has 0 bridgehead atoms. The van der Waals surface area contributed by atoms with E-state index in [-0.39, 0.29) is 5.54 Å². The Morgan fingerprint density at radius 3 is 2.54 bits per heavy atom. The lowest BCUT2D eigenvalue weighted by Crippen LogP contribution is -2.35. The third-order valence-corrected chi connectivity index (χ3v) is 3.00. The fourth-order valence-electron chi connectivity index (χ4n) is 1.37. The van der Waals surface area contributed by atoms with Crippen LogP contribution in [0.25, 0.3) is 0 Å². The smallest absolute Gasteiger partial charge is 0.106 e. The van der Waals surface area contributed by atoms with E-state index < -0.39 is 0 Å². The first kappa shape index (κ1) is 10.7. The fraction of sp³-hybridized carbons (Fsp3) is 0.500. The number of halogens is 1. The van der Waals surface area contributed by atoms with Crippen molar-refractivity contribution in [2.24, 2.45) is 5.73 Å². The molecular formula is C10H15BrN2. The number of hydrogen-bond donors (Lipinski definition) is 1. The van der Waals surface area contributed by atoms with E-state index in [1.807, 2.05) is 12.1 Å². The molecule has 2 N–H and O–H groups in total. The molecule has 3 heteroatoms. The quantitative estimate of drug-likeness (QED) is 0.829. The molecule has 0 saturated carbocycles. The van der Waals surface area contributed by atoms with Crippen molar-refractivity contribution < 1.29 is 0 Å². The monoisotopic (exact) mass is 242 g/mol. The second kappa shape index (κ2) is 4.20. The molecule has 1 aromatic rings. The molecule has 0 atom stereocenters. The van der Waals surface area contributed by atoms with E-state index in [1.54, 1.807) is 6.20 Å². The molecule has 0 aromatic carbocycles. The van der Waals surface area contributed by atoms with Gasteiger partial charge in [-0.2, -0.15) is 0 Å². The number of rotatable bonds is 3. The second-order valence-electron chi connectivity index (χ2n) is 3.23. The normalized spacial score (nSPS) is 11.7. The van der Waals surface area contributed by atoms with Crippen LogP contribution in [0.5, 0.6) is 0 Å². The summed E-state index contributed by atoms with van der Waals surface area (Å²) in [5.74, 6) is 0. The Balaban J connectivity index is 3.05. The number of hydrogen-bond acceptors (Lipinski definition) is 2. The van der Waals surface area contributed by atoms with Crippen LogP contribution >= 0.6 is 15.9 Å². The van der Waals surface area contributed by atoms with Crippen LogP contribution in [-0.4, -0.2) is 4.98 Å². The van der Waals surface area contributed by atoms with Gasteiger partial charge in [-0.05, 0) is 46.5 Å². The van der Waals surface area contributed by atoms with Crippen molar-refractivity contribution in [2.75, 3.05) is 0 Å². The standard InChI is InChI=1S/C10H15BrN2/c1-3-10(12,4-2)8-5-6-13-9(11)7-8/h5-7H,3-4,12H2,1-2H3. The first-order valence-electron chi connectivity index (χ1n) is 4.53. The third-order valence-electron chi connectivity index (χ3n) is 2.56. The van der Waals surface area contributed by atoms with Crippen LogP contribution < -0.4 is 5.73 Å². The zero-order valence-electron chi connectivity index (χ0n) is 8.05. The molecule has 1 aromatic heterocycles. The van der Waals surface area contributed by atoms with Gasteiger partial charge < -0.3 is 5.73 Å². The summed E-state index contributed by atoms with van der Waals surface area (Å²) in [5, 5.41) is 0. The van der Waals surface area contributed by atoms with E-state index in [0.29, 0.717) is 0 Å². The van der Waals surface area contributed by atoms with Gasteiger partial charge in [-0.1, -0.05) is 13.8 Å². The average molecular weight is 243 g/mol. The van der Waals surface area contributed by atoms with Crippen LogP contribution in [0.15, 0.2) is 22.9 Å². The molecular weight excluding hydrogens is 228 g/mol. The predicted octanol–water partition coefficient (Wildman–Crippen LogP) is 2.82. The van der Waals surface area contributed by atoms with E-state index in [1.165, 1.54) is 0 Å². The molecule has 0 amide bonds. The van der Waals surface area contributed by atoms with Crippen molar-refractivity contribution >= 4 is 15.9 Å². The zero-order valence-corrected chi connectivity index (χ0v) is 9.63. The van der Waals surface area contributed by atoms with Gasteiger partial charge in [0.25, 0.3) is 0 Å². The summed E-state index contributed by atoms with van der Waals surface area (Å²) in [6.45, 7) is 4.22. The van der Waals surface area contributed by atoms with Gasteiger partial charge in [-0.3, -0.25) is 0 Å². The van der Waals surface area contributed by atoms with Crippen molar-refractivity contribution in [1.29, 1.82) is 0 Å². The van der Waals surface area contributed by atoms with Crippen molar-refractivity contribution in [3.8, 4) is 0 Å². The van der Waals surface area contributed by atoms with Crippen LogP contribution in [0.1, 0.15) is 32.3 Å². The SMILES string of the molecule is CCC(N)(CC)c1ccnc(Br)c1. The van der Waals surface area contributed by atoms with Crippen molar-refractivity contribution in [2.45, 2.75) is 32.2 Å². The molecule has 1 heterocycles. The van der Waals surface area contributed by atoms with Crippen LogP contribution in [0.3, 0.4) is 0 Å². The van der Waals surface area contributed by atoms with Crippen LogP contribution in [0.2, 0.25) is 0 Å². The highest BCUT2D eigenvalue weighted by Gasteiger charge is 2.22. The van der Waals surface area contributed by atoms with E-state index in [2.05, 4.69) is 34.8 Å². The fourth-order valence-corrected chi connectivity index (χ4v) is 1.74. The zero-order chi connectivity index (χ0) is 9.90. The van der Waals surface area contributed by atoms with Gasteiger partial charge >= 0.3 is 0 Å². The van der Waals surface area contributed by atoms with E-state index in [9.17, 15) is 0 Å². The third kappa shape index (κ3) is 2.29. The Morgan fingerprint density at radius 1 is 1.46 bits per heavy atom. The highest BCUT2D eigenvalue weighted by molar-refractivity contribution is 9.10. The molecule has 0 aliphatic carbocycles. The molecule has 0 fully saturated rings. The predicted molar refractivity (Wildman–Crippen MR) is 58.4 cm³/mol. The van der Waals surface area contributed by atoms with Gasteiger partial charge in [-0.25, -0.2) is 4.98 Å². The first-order chi connectivity index (χ1) is 6.12. The Labute approximate surface area is 87.7 Å². The Hall–Kier alpha value is -0.410. The Bertz CT molecular complexity index is 282. The number of aromatic nitrogens is 1. The van der Waals surface area contributed by atoms with Gasteiger partial charge in [0.1, 0.15) is 4.60 Å². The van der Waals surface area contributed by atoms with Crippen molar-refractivity contribution in [1.82, 2.24) is 4.98 Å². The van der Waals surface area contributed by atoms with E-state index >= 15 is 0 Å². The molecule has 0 aliphatic rings. The van der Waals surface area contributed by atoms with Gasteiger partial charge in [0, 0.05) is 11.7 Å². The van der Waals surface area contributed by atoms with Crippen LogP contribution in [-0.2, 0) is 5.54 Å². The lowest BCUT2D eigenvalue weighted by atomic mass is 9.87. The van der Waals surface area contributed by atoms with Crippen LogP contribution in [0.4, 0.5) is 0 Å². The number of nitrogens with two attached hydrogens (primary N) is 1. The summed E-state index contributed by atoms with van der Waals surface area (Å²) in [6.07, 6.45) is 3.67. The van der Waals surface area contributed by atoms with Gasteiger partial charge in [-0.15, -0.1) is 0 Å². The molecule has 0 saturated heterocycles. The minimum atomic E-state index is -0.203. The highest BCUT2D eigenvalue weighted by atomic mass is 79.9. The van der Waals surface area contributed by atoms with E-state index in [0.717, 1.165) is 23.0 Å². The molecule has 2 nitrogen and oxygen atoms in total. The van der Waals surface area contributed by atoms with E-state index in [4.69, 9.17) is 5.73 Å². The Kier molecular flexibility index (Phi) is 3.45. The largest absolute Gasteiger partial charge is 0.321 e.